The second-order valence-electron chi connectivity index (χ2n) is 6.26. The molecule has 3 aromatic rings. The van der Waals surface area contributed by atoms with Gasteiger partial charge in [0.1, 0.15) is 22.4 Å². The van der Waals surface area contributed by atoms with Crippen LogP contribution < -0.4 is 10.1 Å². The van der Waals surface area contributed by atoms with Crippen molar-refractivity contribution < 1.29 is 9.53 Å². The van der Waals surface area contributed by atoms with Crippen molar-refractivity contribution in [2.75, 3.05) is 5.32 Å². The molecule has 2 aromatic heterocycles. The summed E-state index contributed by atoms with van der Waals surface area (Å²) < 4.78 is 5.75. The Kier molecular flexibility index (Phi) is 7.36. The lowest BCUT2D eigenvalue weighted by atomic mass is 10.2. The van der Waals surface area contributed by atoms with Crippen LogP contribution in [0.3, 0.4) is 0 Å². The zero-order valence-electron chi connectivity index (χ0n) is 15.7. The molecule has 1 N–H and O–H groups in total. The molecule has 28 heavy (non-hydrogen) atoms. The largest absolute Gasteiger partial charge is 0.486 e. The molecule has 0 aliphatic carbocycles. The topological polar surface area (TPSA) is 77.0 Å². The maximum Gasteiger partial charge on any atom is 0.232 e. The minimum atomic E-state index is -0.149. The van der Waals surface area contributed by atoms with E-state index in [2.05, 4.69) is 27.4 Å². The molecule has 0 aliphatic rings. The number of benzene rings is 1. The van der Waals surface area contributed by atoms with Crippen LogP contribution in [-0.2, 0) is 24.2 Å². The van der Waals surface area contributed by atoms with E-state index in [1.54, 1.807) is 0 Å². The standard InChI is InChI=1S/C19H21ClN4O2S2/c1-3-4-5-17-23-24-19(28-17)22-16(25)9-13-11-27-18(21-13)10-26-14-6-7-15(20)12(2)8-14/h6-8,11H,3-5,9-10H2,1-2H3,(H,22,24,25). The van der Waals surface area contributed by atoms with Crippen LogP contribution in [0.1, 0.15) is 41.0 Å². The molecule has 0 bridgehead atoms. The Morgan fingerprint density at radius 2 is 2.14 bits per heavy atom. The number of ether oxygens (including phenoxy) is 1. The third kappa shape index (κ3) is 5.98. The van der Waals surface area contributed by atoms with Crippen molar-refractivity contribution in [3.63, 3.8) is 0 Å². The molecule has 0 aliphatic heterocycles. The Hall–Kier alpha value is -2.03. The zero-order valence-corrected chi connectivity index (χ0v) is 18.1. The highest BCUT2D eigenvalue weighted by Crippen LogP contribution is 2.22. The molecule has 0 spiro atoms. The molecule has 1 aromatic carbocycles. The summed E-state index contributed by atoms with van der Waals surface area (Å²) in [5, 5.41) is 15.8. The van der Waals surface area contributed by atoms with E-state index in [0.29, 0.717) is 22.5 Å². The number of carbonyl (C=O) groups excluding carboxylic acids is 1. The van der Waals surface area contributed by atoms with Crippen LogP contribution in [0.4, 0.5) is 5.13 Å². The van der Waals surface area contributed by atoms with Gasteiger partial charge in [0.05, 0.1) is 12.1 Å². The van der Waals surface area contributed by atoms with Crippen molar-refractivity contribution in [2.24, 2.45) is 0 Å². The first-order chi connectivity index (χ1) is 13.5. The molecule has 0 fully saturated rings. The Morgan fingerprint density at radius 3 is 2.93 bits per heavy atom. The molecule has 3 rings (SSSR count). The first kappa shape index (κ1) is 20.7. The average Bonchev–Trinajstić information content (AvgIpc) is 3.30. The number of amides is 1. The van der Waals surface area contributed by atoms with Crippen LogP contribution in [0.5, 0.6) is 5.75 Å². The van der Waals surface area contributed by atoms with E-state index >= 15 is 0 Å². The first-order valence-electron chi connectivity index (χ1n) is 8.98. The molecule has 9 heteroatoms. The van der Waals surface area contributed by atoms with Crippen molar-refractivity contribution in [1.82, 2.24) is 15.2 Å². The summed E-state index contributed by atoms with van der Waals surface area (Å²) in [6.07, 6.45) is 3.27. The maximum absolute atomic E-state index is 12.2. The van der Waals surface area contributed by atoms with Gasteiger partial charge in [-0.25, -0.2) is 4.98 Å². The zero-order chi connectivity index (χ0) is 19.9. The first-order valence-corrected chi connectivity index (χ1v) is 11.1. The number of nitrogens with zero attached hydrogens (tertiary/aromatic N) is 3. The maximum atomic E-state index is 12.2. The van der Waals surface area contributed by atoms with Gasteiger partial charge in [0, 0.05) is 16.8 Å². The van der Waals surface area contributed by atoms with Crippen molar-refractivity contribution in [3.05, 3.63) is 49.9 Å². The Balaban J connectivity index is 1.48. The second kappa shape index (κ2) is 9.95. The fourth-order valence-corrected chi connectivity index (χ4v) is 4.03. The molecule has 0 saturated heterocycles. The minimum absolute atomic E-state index is 0.149. The monoisotopic (exact) mass is 436 g/mol. The number of carbonyl (C=O) groups is 1. The number of unbranched alkanes of at least 4 members (excludes halogenated alkanes) is 1. The van der Waals surface area contributed by atoms with Gasteiger partial charge in [-0.05, 0) is 37.1 Å². The van der Waals surface area contributed by atoms with Gasteiger partial charge >= 0.3 is 0 Å². The van der Waals surface area contributed by atoms with E-state index in [0.717, 1.165) is 40.6 Å². The predicted octanol–water partition coefficient (Wildman–Crippen LogP) is 5.06. The number of rotatable bonds is 9. The Morgan fingerprint density at radius 1 is 1.29 bits per heavy atom. The van der Waals surface area contributed by atoms with Crippen molar-refractivity contribution >= 4 is 45.3 Å². The number of nitrogens with one attached hydrogen (secondary N) is 1. The second-order valence-corrected chi connectivity index (χ2v) is 8.67. The van der Waals surface area contributed by atoms with Gasteiger partial charge in [0.25, 0.3) is 0 Å². The third-order valence-corrected chi connectivity index (χ3v) is 6.08. The predicted molar refractivity (Wildman–Crippen MR) is 113 cm³/mol. The molecule has 0 atom stereocenters. The van der Waals surface area contributed by atoms with E-state index in [1.165, 1.54) is 22.7 Å². The van der Waals surface area contributed by atoms with E-state index in [4.69, 9.17) is 16.3 Å². The Labute approximate surface area is 177 Å². The van der Waals surface area contributed by atoms with Crippen LogP contribution in [0.2, 0.25) is 5.02 Å². The van der Waals surface area contributed by atoms with Crippen molar-refractivity contribution in [3.8, 4) is 5.75 Å². The molecule has 6 nitrogen and oxygen atoms in total. The van der Waals surface area contributed by atoms with E-state index < -0.39 is 0 Å². The molecule has 1 amide bonds. The summed E-state index contributed by atoms with van der Waals surface area (Å²) in [6.45, 7) is 4.41. The molecule has 0 unspecified atom stereocenters. The Bertz CT molecular complexity index is 942. The van der Waals surface area contributed by atoms with Crippen LogP contribution >= 0.6 is 34.3 Å². The van der Waals surface area contributed by atoms with Crippen molar-refractivity contribution in [2.45, 2.75) is 46.1 Å². The lowest BCUT2D eigenvalue weighted by Crippen LogP contribution is -2.14. The summed E-state index contributed by atoms with van der Waals surface area (Å²) in [5.41, 5.74) is 1.68. The third-order valence-electron chi connectivity index (χ3n) is 3.89. The molecule has 2 heterocycles. The number of thiazole rings is 1. The quantitative estimate of drug-likeness (QED) is 0.507. The van der Waals surface area contributed by atoms with Gasteiger partial charge < -0.3 is 10.1 Å². The van der Waals surface area contributed by atoms with E-state index in [-0.39, 0.29) is 12.3 Å². The van der Waals surface area contributed by atoms with Crippen molar-refractivity contribution in [1.29, 1.82) is 0 Å². The SMILES string of the molecule is CCCCc1nnc(NC(=O)Cc2csc(COc3ccc(Cl)c(C)c3)n2)s1. The smallest absolute Gasteiger partial charge is 0.232 e. The lowest BCUT2D eigenvalue weighted by Gasteiger charge is -2.05. The molecule has 0 saturated carbocycles. The average molecular weight is 437 g/mol. The molecular formula is C19H21ClN4O2S2. The molecule has 0 radical (unpaired) electrons. The normalized spacial score (nSPS) is 10.8. The molecule has 148 valence electrons. The highest BCUT2D eigenvalue weighted by atomic mass is 35.5. The van der Waals surface area contributed by atoms with Gasteiger partial charge in [-0.3, -0.25) is 4.79 Å². The fourth-order valence-electron chi connectivity index (χ4n) is 2.41. The van der Waals surface area contributed by atoms with Gasteiger partial charge in [0.2, 0.25) is 11.0 Å². The summed E-state index contributed by atoms with van der Waals surface area (Å²) in [7, 11) is 0. The fraction of sp³-hybridized carbons (Fsp3) is 0.368. The number of aryl methyl sites for hydroxylation is 2. The number of aromatic nitrogens is 3. The van der Waals surface area contributed by atoms with E-state index in [1.807, 2.05) is 30.5 Å². The highest BCUT2D eigenvalue weighted by molar-refractivity contribution is 7.15. The van der Waals surface area contributed by atoms with Gasteiger partial charge in [-0.15, -0.1) is 21.5 Å². The summed E-state index contributed by atoms with van der Waals surface area (Å²) in [6, 6.07) is 5.53. The lowest BCUT2D eigenvalue weighted by molar-refractivity contribution is -0.115. The summed E-state index contributed by atoms with van der Waals surface area (Å²) in [4.78, 5) is 16.7. The number of hydrogen-bond donors (Lipinski definition) is 1. The summed E-state index contributed by atoms with van der Waals surface area (Å²) in [5.74, 6) is 0.593. The highest BCUT2D eigenvalue weighted by Gasteiger charge is 2.11. The minimum Gasteiger partial charge on any atom is -0.486 e. The number of anilines is 1. The van der Waals surface area contributed by atoms with Gasteiger partial charge in [-0.2, -0.15) is 0 Å². The number of halogens is 1. The van der Waals surface area contributed by atoms with Gasteiger partial charge in [0.15, 0.2) is 0 Å². The number of hydrogen-bond acceptors (Lipinski definition) is 7. The molecular weight excluding hydrogens is 416 g/mol. The van der Waals surface area contributed by atoms with Crippen LogP contribution in [0.15, 0.2) is 23.6 Å². The van der Waals surface area contributed by atoms with Crippen LogP contribution in [0.25, 0.3) is 0 Å². The van der Waals surface area contributed by atoms with Gasteiger partial charge in [-0.1, -0.05) is 36.3 Å². The van der Waals surface area contributed by atoms with Crippen LogP contribution in [0, 0.1) is 6.92 Å². The van der Waals surface area contributed by atoms with Crippen LogP contribution in [-0.4, -0.2) is 21.1 Å². The van der Waals surface area contributed by atoms with E-state index in [9.17, 15) is 4.79 Å². The summed E-state index contributed by atoms with van der Waals surface area (Å²) >= 11 is 8.91.